The second kappa shape index (κ2) is 9.34. The van der Waals surface area contributed by atoms with Crippen molar-refractivity contribution in [2.75, 3.05) is 31.6 Å². The minimum Gasteiger partial charge on any atom is -0.382 e. The summed E-state index contributed by atoms with van der Waals surface area (Å²) in [5, 5.41) is 5.68. The zero-order valence-corrected chi connectivity index (χ0v) is 13.0. The molecule has 0 unspecified atom stereocenters. The molecule has 0 heterocycles. The number of benzene rings is 1. The predicted octanol–water partition coefficient (Wildman–Crippen LogP) is 3.05. The number of halogens is 1. The van der Waals surface area contributed by atoms with Gasteiger partial charge in [0.15, 0.2) is 0 Å². The Morgan fingerprint density at radius 3 is 2.81 bits per heavy atom. The minimum absolute atomic E-state index is 0.258. The molecule has 0 fully saturated rings. The molecule has 1 rings (SSSR count). The Labute approximate surface area is 126 Å². The van der Waals surface area contributed by atoms with Crippen LogP contribution in [-0.4, -0.2) is 32.2 Å². The van der Waals surface area contributed by atoms with Crippen molar-refractivity contribution in [1.29, 1.82) is 0 Å². The van der Waals surface area contributed by atoms with Gasteiger partial charge in [0.1, 0.15) is 5.82 Å². The van der Waals surface area contributed by atoms with Crippen LogP contribution in [0.1, 0.15) is 37.6 Å². The van der Waals surface area contributed by atoms with Crippen molar-refractivity contribution < 1.29 is 13.9 Å². The largest absolute Gasteiger partial charge is 0.382 e. The molecule has 0 aromatic heterocycles. The van der Waals surface area contributed by atoms with Gasteiger partial charge in [-0.05, 0) is 31.4 Å². The standard InChI is InChI=1S/C16H25FN2O2/c1-4-18-15-13(7-5-8-14(15)17)16(20)19-9-6-10-21-11-12(2)3/h5,7-8,12,18H,4,6,9-11H2,1-3H3,(H,19,20). The Bertz CT molecular complexity index is 450. The summed E-state index contributed by atoms with van der Waals surface area (Å²) in [5.74, 6) is -0.173. The Kier molecular flexibility index (Phi) is 7.75. The second-order valence-corrected chi connectivity index (χ2v) is 5.27. The van der Waals surface area contributed by atoms with Crippen molar-refractivity contribution in [3.05, 3.63) is 29.6 Å². The first kappa shape index (κ1) is 17.4. The highest BCUT2D eigenvalue weighted by Crippen LogP contribution is 2.19. The average Bonchev–Trinajstić information content (AvgIpc) is 2.44. The highest BCUT2D eigenvalue weighted by Gasteiger charge is 2.13. The summed E-state index contributed by atoms with van der Waals surface area (Å²) in [6.45, 7) is 8.45. The third-order valence-corrected chi connectivity index (χ3v) is 2.81. The molecule has 0 aliphatic carbocycles. The van der Waals surface area contributed by atoms with Crippen LogP contribution in [0, 0.1) is 11.7 Å². The predicted molar refractivity (Wildman–Crippen MR) is 83.2 cm³/mol. The van der Waals surface area contributed by atoms with Gasteiger partial charge in [-0.2, -0.15) is 0 Å². The van der Waals surface area contributed by atoms with Gasteiger partial charge in [-0.25, -0.2) is 4.39 Å². The molecule has 2 N–H and O–H groups in total. The first-order valence-electron chi connectivity index (χ1n) is 7.44. The molecule has 5 heteroatoms. The molecular formula is C16H25FN2O2. The molecule has 0 saturated carbocycles. The number of para-hydroxylation sites is 1. The van der Waals surface area contributed by atoms with Crippen molar-refractivity contribution in [2.24, 2.45) is 5.92 Å². The molecule has 0 aliphatic heterocycles. The summed E-state index contributed by atoms with van der Waals surface area (Å²) in [4.78, 5) is 12.1. The molecule has 0 radical (unpaired) electrons. The first-order chi connectivity index (χ1) is 10.1. The van der Waals surface area contributed by atoms with E-state index in [0.29, 0.717) is 31.2 Å². The SMILES string of the molecule is CCNc1c(F)cccc1C(=O)NCCCOCC(C)C. The molecule has 0 bridgehead atoms. The van der Waals surface area contributed by atoms with Crippen LogP contribution in [-0.2, 0) is 4.74 Å². The van der Waals surface area contributed by atoms with E-state index >= 15 is 0 Å². The van der Waals surface area contributed by atoms with Crippen LogP contribution in [0.3, 0.4) is 0 Å². The first-order valence-corrected chi connectivity index (χ1v) is 7.44. The fourth-order valence-electron chi connectivity index (χ4n) is 1.86. The molecule has 118 valence electrons. The van der Waals surface area contributed by atoms with E-state index in [2.05, 4.69) is 24.5 Å². The molecule has 1 aromatic carbocycles. The highest BCUT2D eigenvalue weighted by atomic mass is 19.1. The maximum Gasteiger partial charge on any atom is 0.253 e. The van der Waals surface area contributed by atoms with E-state index in [1.807, 2.05) is 6.92 Å². The zero-order valence-electron chi connectivity index (χ0n) is 13.0. The van der Waals surface area contributed by atoms with Gasteiger partial charge in [-0.1, -0.05) is 19.9 Å². The quantitative estimate of drug-likeness (QED) is 0.689. The average molecular weight is 296 g/mol. The van der Waals surface area contributed by atoms with Crippen LogP contribution >= 0.6 is 0 Å². The lowest BCUT2D eigenvalue weighted by atomic mass is 10.1. The summed E-state index contributed by atoms with van der Waals surface area (Å²) in [6.07, 6.45) is 0.740. The van der Waals surface area contributed by atoms with Crippen molar-refractivity contribution >= 4 is 11.6 Å². The van der Waals surface area contributed by atoms with E-state index in [0.717, 1.165) is 13.0 Å². The lowest BCUT2D eigenvalue weighted by Crippen LogP contribution is -2.26. The number of hydrogen-bond donors (Lipinski definition) is 2. The Hall–Kier alpha value is -1.62. The van der Waals surface area contributed by atoms with Crippen molar-refractivity contribution in [1.82, 2.24) is 5.32 Å². The number of rotatable bonds is 9. The maximum absolute atomic E-state index is 13.7. The number of anilines is 1. The van der Waals surface area contributed by atoms with E-state index < -0.39 is 5.82 Å². The van der Waals surface area contributed by atoms with Gasteiger partial charge >= 0.3 is 0 Å². The summed E-state index contributed by atoms with van der Waals surface area (Å²) in [5.41, 5.74) is 0.591. The summed E-state index contributed by atoms with van der Waals surface area (Å²) >= 11 is 0. The van der Waals surface area contributed by atoms with Gasteiger partial charge in [0.2, 0.25) is 0 Å². The number of nitrogens with one attached hydrogen (secondary N) is 2. The third-order valence-electron chi connectivity index (χ3n) is 2.81. The summed E-state index contributed by atoms with van der Waals surface area (Å²) in [7, 11) is 0. The van der Waals surface area contributed by atoms with Gasteiger partial charge in [0, 0.05) is 26.3 Å². The monoisotopic (exact) mass is 296 g/mol. The zero-order chi connectivity index (χ0) is 15.7. The van der Waals surface area contributed by atoms with E-state index in [4.69, 9.17) is 4.74 Å². The number of carbonyl (C=O) groups excluding carboxylic acids is 1. The maximum atomic E-state index is 13.7. The van der Waals surface area contributed by atoms with Crippen LogP contribution < -0.4 is 10.6 Å². The number of ether oxygens (including phenoxy) is 1. The fourth-order valence-corrected chi connectivity index (χ4v) is 1.86. The fraction of sp³-hybridized carbons (Fsp3) is 0.562. The lowest BCUT2D eigenvalue weighted by molar-refractivity contribution is 0.0925. The van der Waals surface area contributed by atoms with Crippen molar-refractivity contribution in [3.63, 3.8) is 0 Å². The number of carbonyl (C=O) groups is 1. The van der Waals surface area contributed by atoms with Crippen molar-refractivity contribution in [2.45, 2.75) is 27.2 Å². The van der Waals surface area contributed by atoms with Gasteiger partial charge in [0.05, 0.1) is 11.3 Å². The summed E-state index contributed by atoms with van der Waals surface area (Å²) < 4.78 is 19.1. The highest BCUT2D eigenvalue weighted by molar-refractivity contribution is 5.99. The van der Waals surface area contributed by atoms with Crippen LogP contribution in [0.4, 0.5) is 10.1 Å². The molecule has 0 saturated heterocycles. The van der Waals surface area contributed by atoms with Gasteiger partial charge in [-0.3, -0.25) is 4.79 Å². The van der Waals surface area contributed by atoms with Gasteiger partial charge in [0.25, 0.3) is 5.91 Å². The molecule has 1 amide bonds. The molecule has 1 aromatic rings. The molecule has 0 atom stereocenters. The van der Waals surface area contributed by atoms with Crippen LogP contribution in [0.5, 0.6) is 0 Å². The van der Waals surface area contributed by atoms with E-state index in [-0.39, 0.29) is 11.6 Å². The smallest absolute Gasteiger partial charge is 0.253 e. The summed E-state index contributed by atoms with van der Waals surface area (Å²) in [6, 6.07) is 4.50. The Balaban J connectivity index is 2.43. The molecule has 0 aliphatic rings. The Morgan fingerprint density at radius 1 is 1.38 bits per heavy atom. The van der Waals surface area contributed by atoms with Crippen molar-refractivity contribution in [3.8, 4) is 0 Å². The van der Waals surface area contributed by atoms with Crippen LogP contribution in [0.2, 0.25) is 0 Å². The van der Waals surface area contributed by atoms with E-state index in [9.17, 15) is 9.18 Å². The Morgan fingerprint density at radius 2 is 2.14 bits per heavy atom. The minimum atomic E-state index is -0.412. The number of hydrogen-bond acceptors (Lipinski definition) is 3. The van der Waals surface area contributed by atoms with E-state index in [1.54, 1.807) is 6.07 Å². The molecule has 21 heavy (non-hydrogen) atoms. The van der Waals surface area contributed by atoms with Gasteiger partial charge in [-0.15, -0.1) is 0 Å². The molecule has 0 spiro atoms. The molecular weight excluding hydrogens is 271 g/mol. The molecule has 4 nitrogen and oxygen atoms in total. The normalized spacial score (nSPS) is 10.7. The van der Waals surface area contributed by atoms with E-state index in [1.165, 1.54) is 12.1 Å². The van der Waals surface area contributed by atoms with Crippen LogP contribution in [0.15, 0.2) is 18.2 Å². The topological polar surface area (TPSA) is 50.4 Å². The van der Waals surface area contributed by atoms with Crippen LogP contribution in [0.25, 0.3) is 0 Å². The second-order valence-electron chi connectivity index (χ2n) is 5.27. The van der Waals surface area contributed by atoms with Gasteiger partial charge < -0.3 is 15.4 Å². The number of amides is 1. The third kappa shape index (κ3) is 6.12. The lowest BCUT2D eigenvalue weighted by Gasteiger charge is -2.12.